The molecule has 50 heavy (non-hydrogen) atoms. The van der Waals surface area contributed by atoms with Crippen molar-refractivity contribution in [1.82, 2.24) is 9.55 Å². The van der Waals surface area contributed by atoms with Gasteiger partial charge in [0.1, 0.15) is 5.82 Å². The highest BCUT2D eigenvalue weighted by Gasteiger charge is 2.51. The van der Waals surface area contributed by atoms with Crippen LogP contribution in [-0.4, -0.2) is 9.55 Å². The Labute approximate surface area is 290 Å². The van der Waals surface area contributed by atoms with Gasteiger partial charge in [-0.1, -0.05) is 121 Å². The molecule has 1 heterocycles. The molecule has 0 saturated carbocycles. The molecule has 0 amide bonds. The smallest absolute Gasteiger partial charge is 0.141 e. The van der Waals surface area contributed by atoms with Gasteiger partial charge in [-0.15, -0.1) is 0 Å². The predicted molar refractivity (Wildman–Crippen MR) is 208 cm³/mol. The summed E-state index contributed by atoms with van der Waals surface area (Å²) >= 11 is 0. The van der Waals surface area contributed by atoms with Crippen LogP contribution in [-0.2, 0) is 12.0 Å². The second-order valence-corrected chi connectivity index (χ2v) is 13.8. The Kier molecular flexibility index (Phi) is 5.61. The van der Waals surface area contributed by atoms with Crippen molar-refractivity contribution >= 4 is 32.6 Å². The summed E-state index contributed by atoms with van der Waals surface area (Å²) in [4.78, 5) is 5.00. The molecular weight excluding hydrogens is 605 g/mol. The van der Waals surface area contributed by atoms with Gasteiger partial charge in [-0.25, -0.2) is 4.98 Å². The van der Waals surface area contributed by atoms with E-state index in [1.54, 1.807) is 0 Å². The Balaban J connectivity index is 1.11. The van der Waals surface area contributed by atoms with Gasteiger partial charge in [0.25, 0.3) is 0 Å². The van der Waals surface area contributed by atoms with E-state index in [-0.39, 0.29) is 5.41 Å². The molecule has 2 heteroatoms. The second kappa shape index (κ2) is 10.1. The van der Waals surface area contributed by atoms with Crippen LogP contribution in [0.25, 0.3) is 77.3 Å². The molecule has 1 spiro atoms. The summed E-state index contributed by atoms with van der Waals surface area (Å²) in [7, 11) is 0. The van der Waals surface area contributed by atoms with Crippen molar-refractivity contribution in [2.45, 2.75) is 18.9 Å². The molecule has 0 radical (unpaired) electrons. The van der Waals surface area contributed by atoms with E-state index in [1.807, 2.05) is 0 Å². The SMILES string of the molecule is CCn1c(-c2ccc(-c3ccc4cc5c(cc4c3)C3(c4ccccc4-c4ccccc43)c3cc4ccccc4cc3-5)cc2)nc2ccccc21. The number of nitrogens with zero attached hydrogens (tertiary/aromatic N) is 2. The van der Waals surface area contributed by atoms with Gasteiger partial charge in [0, 0.05) is 12.1 Å². The second-order valence-electron chi connectivity index (χ2n) is 13.8. The zero-order valence-corrected chi connectivity index (χ0v) is 27.7. The number of hydrogen-bond acceptors (Lipinski definition) is 1. The van der Waals surface area contributed by atoms with Crippen LogP contribution < -0.4 is 0 Å². The summed E-state index contributed by atoms with van der Waals surface area (Å²) in [6, 6.07) is 61.0. The van der Waals surface area contributed by atoms with E-state index in [9.17, 15) is 0 Å². The topological polar surface area (TPSA) is 17.8 Å². The van der Waals surface area contributed by atoms with Gasteiger partial charge in [0.05, 0.1) is 16.4 Å². The monoisotopic (exact) mass is 636 g/mol. The average molecular weight is 637 g/mol. The van der Waals surface area contributed by atoms with E-state index in [1.165, 1.54) is 82.7 Å². The summed E-state index contributed by atoms with van der Waals surface area (Å²) in [6.45, 7) is 3.06. The fourth-order valence-corrected chi connectivity index (χ4v) is 9.17. The van der Waals surface area contributed by atoms with Crippen LogP contribution in [0.3, 0.4) is 0 Å². The summed E-state index contributed by atoms with van der Waals surface area (Å²) in [6.07, 6.45) is 0. The first kappa shape index (κ1) is 27.7. The summed E-state index contributed by atoms with van der Waals surface area (Å²) in [5.41, 5.74) is 16.2. The molecule has 2 aliphatic rings. The van der Waals surface area contributed by atoms with Crippen molar-refractivity contribution in [1.29, 1.82) is 0 Å². The van der Waals surface area contributed by atoms with Gasteiger partial charge in [-0.3, -0.25) is 0 Å². The molecule has 0 fully saturated rings. The van der Waals surface area contributed by atoms with Crippen LogP contribution in [0.15, 0.2) is 164 Å². The highest BCUT2D eigenvalue weighted by atomic mass is 15.1. The maximum absolute atomic E-state index is 5.00. The summed E-state index contributed by atoms with van der Waals surface area (Å²) in [5.74, 6) is 1.02. The minimum Gasteiger partial charge on any atom is -0.324 e. The first-order chi connectivity index (χ1) is 24.7. The third-order valence-electron chi connectivity index (χ3n) is 11.4. The number of imidazole rings is 1. The molecule has 0 aliphatic heterocycles. The van der Waals surface area contributed by atoms with Gasteiger partial charge < -0.3 is 4.57 Å². The molecule has 8 aromatic carbocycles. The number of aryl methyl sites for hydroxylation is 1. The highest BCUT2D eigenvalue weighted by molar-refractivity contribution is 6.03. The largest absolute Gasteiger partial charge is 0.324 e. The Morgan fingerprint density at radius 1 is 0.440 bits per heavy atom. The van der Waals surface area contributed by atoms with Gasteiger partial charge in [-0.05, 0) is 127 Å². The van der Waals surface area contributed by atoms with Crippen molar-refractivity contribution < 1.29 is 0 Å². The Hall–Kier alpha value is -6.25. The maximum atomic E-state index is 5.00. The molecule has 1 aromatic heterocycles. The van der Waals surface area contributed by atoms with E-state index in [0.717, 1.165) is 23.4 Å². The minimum atomic E-state index is -0.377. The van der Waals surface area contributed by atoms with E-state index < -0.39 is 0 Å². The molecule has 9 aromatic rings. The number of benzene rings is 8. The van der Waals surface area contributed by atoms with Crippen LogP contribution in [0.1, 0.15) is 29.2 Å². The molecule has 0 bridgehead atoms. The third kappa shape index (κ3) is 3.60. The fourth-order valence-electron chi connectivity index (χ4n) is 9.17. The summed E-state index contributed by atoms with van der Waals surface area (Å²) < 4.78 is 2.30. The van der Waals surface area contributed by atoms with E-state index in [2.05, 4.69) is 175 Å². The number of aromatic nitrogens is 2. The molecule has 0 unspecified atom stereocenters. The zero-order valence-electron chi connectivity index (χ0n) is 27.7. The van der Waals surface area contributed by atoms with Crippen LogP contribution in [0.2, 0.25) is 0 Å². The van der Waals surface area contributed by atoms with Crippen molar-refractivity contribution in [2.75, 3.05) is 0 Å². The average Bonchev–Trinajstić information content (AvgIpc) is 3.79. The first-order valence-electron chi connectivity index (χ1n) is 17.6. The van der Waals surface area contributed by atoms with Crippen molar-refractivity contribution in [3.05, 3.63) is 186 Å². The Bertz CT molecular complexity index is 2810. The van der Waals surface area contributed by atoms with Crippen molar-refractivity contribution in [3.63, 3.8) is 0 Å². The summed E-state index contributed by atoms with van der Waals surface area (Å²) in [5, 5.41) is 5.08. The van der Waals surface area contributed by atoms with Crippen LogP contribution >= 0.6 is 0 Å². The quantitative estimate of drug-likeness (QED) is 0.189. The van der Waals surface area contributed by atoms with Crippen LogP contribution in [0, 0.1) is 0 Å². The van der Waals surface area contributed by atoms with Gasteiger partial charge >= 0.3 is 0 Å². The Morgan fingerprint density at radius 3 is 1.68 bits per heavy atom. The van der Waals surface area contributed by atoms with Gasteiger partial charge in [-0.2, -0.15) is 0 Å². The standard InChI is InChI=1S/C48H32N2/c1-2-50-46-18-10-9-17-45(46)49-47(50)31-21-19-30(20-22-31)34-23-24-35-27-40-39-26-32-11-3-4-12-33(32)28-43(39)48(44(40)29-36(35)25-34)41-15-7-5-13-37(41)38-14-6-8-16-42(38)48/h3-29H,2H2,1H3. The lowest BCUT2D eigenvalue weighted by Gasteiger charge is -2.30. The lowest BCUT2D eigenvalue weighted by atomic mass is 9.70. The molecule has 2 aliphatic carbocycles. The lowest BCUT2D eigenvalue weighted by molar-refractivity contribution is 0.796. The lowest BCUT2D eigenvalue weighted by Crippen LogP contribution is -2.25. The zero-order chi connectivity index (χ0) is 33.0. The van der Waals surface area contributed by atoms with E-state index >= 15 is 0 Å². The Morgan fingerprint density at radius 2 is 0.980 bits per heavy atom. The van der Waals surface area contributed by atoms with Crippen LogP contribution in [0.5, 0.6) is 0 Å². The minimum absolute atomic E-state index is 0.377. The number of para-hydroxylation sites is 2. The van der Waals surface area contributed by atoms with Crippen LogP contribution in [0.4, 0.5) is 0 Å². The van der Waals surface area contributed by atoms with Crippen molar-refractivity contribution in [3.8, 4) is 44.8 Å². The third-order valence-corrected chi connectivity index (χ3v) is 11.4. The molecular formula is C48H32N2. The predicted octanol–water partition coefficient (Wildman–Crippen LogP) is 12.0. The number of fused-ring (bicyclic) bond motifs is 13. The first-order valence-corrected chi connectivity index (χ1v) is 17.6. The molecule has 0 atom stereocenters. The fraction of sp³-hybridized carbons (Fsp3) is 0.0625. The molecule has 0 N–H and O–H groups in total. The van der Waals surface area contributed by atoms with Gasteiger partial charge in [0.2, 0.25) is 0 Å². The maximum Gasteiger partial charge on any atom is 0.141 e. The van der Waals surface area contributed by atoms with Crippen molar-refractivity contribution in [2.24, 2.45) is 0 Å². The normalized spacial score (nSPS) is 13.5. The number of rotatable bonds is 3. The van der Waals surface area contributed by atoms with E-state index in [4.69, 9.17) is 4.98 Å². The molecule has 0 saturated heterocycles. The highest BCUT2D eigenvalue weighted by Crippen LogP contribution is 2.63. The molecule has 234 valence electrons. The molecule has 2 nitrogen and oxygen atoms in total. The van der Waals surface area contributed by atoms with Gasteiger partial charge in [0.15, 0.2) is 0 Å². The number of hydrogen-bond donors (Lipinski definition) is 0. The van der Waals surface area contributed by atoms with E-state index in [0.29, 0.717) is 0 Å². The molecule has 11 rings (SSSR count).